The lowest BCUT2D eigenvalue weighted by molar-refractivity contribution is -0.0230. The Balaban J connectivity index is 2.02. The van der Waals surface area contributed by atoms with Gasteiger partial charge in [-0.05, 0) is 54.9 Å². The van der Waals surface area contributed by atoms with Gasteiger partial charge in [0.2, 0.25) is 0 Å². The standard InChI is InChI=1S/C22H31N3O/c1-6-11-24(7-2)20(26)25-12-10-22(5)18-9-8-16(15-23)13-17(18)14-19(25)21(22,3)4/h8-9,13,19H,6-7,10-12,14H2,1-5H3. The molecule has 1 heterocycles. The molecule has 2 bridgehead atoms. The maximum Gasteiger partial charge on any atom is 0.320 e. The van der Waals surface area contributed by atoms with E-state index in [0.29, 0.717) is 5.56 Å². The number of urea groups is 1. The van der Waals surface area contributed by atoms with Crippen molar-refractivity contribution in [1.29, 1.82) is 5.26 Å². The van der Waals surface area contributed by atoms with E-state index in [1.807, 2.05) is 17.0 Å². The van der Waals surface area contributed by atoms with Crippen molar-refractivity contribution < 1.29 is 4.79 Å². The summed E-state index contributed by atoms with van der Waals surface area (Å²) in [5, 5.41) is 9.29. The van der Waals surface area contributed by atoms with Crippen molar-refractivity contribution in [3.8, 4) is 6.07 Å². The van der Waals surface area contributed by atoms with Gasteiger partial charge in [0.25, 0.3) is 0 Å². The average Bonchev–Trinajstić information content (AvgIpc) is 2.61. The summed E-state index contributed by atoms with van der Waals surface area (Å²) in [6.07, 6.45) is 2.78. The zero-order valence-electron chi connectivity index (χ0n) is 16.8. The molecule has 3 rings (SSSR count). The van der Waals surface area contributed by atoms with Gasteiger partial charge in [-0.1, -0.05) is 33.8 Å². The second kappa shape index (κ2) is 6.61. The molecule has 0 saturated carbocycles. The predicted octanol–water partition coefficient (Wildman–Crippen LogP) is 4.32. The van der Waals surface area contributed by atoms with E-state index in [-0.39, 0.29) is 22.9 Å². The zero-order chi connectivity index (χ0) is 19.1. The number of rotatable bonds is 3. The molecule has 140 valence electrons. The Morgan fingerprint density at radius 1 is 1.35 bits per heavy atom. The van der Waals surface area contributed by atoms with Gasteiger partial charge in [-0.2, -0.15) is 5.26 Å². The van der Waals surface area contributed by atoms with Crippen LogP contribution in [0.5, 0.6) is 0 Å². The number of carbonyl (C=O) groups is 1. The largest absolute Gasteiger partial charge is 0.325 e. The summed E-state index contributed by atoms with van der Waals surface area (Å²) in [7, 11) is 0. The molecular weight excluding hydrogens is 322 g/mol. The van der Waals surface area contributed by atoms with Gasteiger partial charge in [0.05, 0.1) is 11.6 Å². The highest BCUT2D eigenvalue weighted by Gasteiger charge is 2.57. The third kappa shape index (κ3) is 2.60. The molecule has 1 aromatic carbocycles. The molecule has 2 atom stereocenters. The van der Waals surface area contributed by atoms with Crippen LogP contribution in [0.1, 0.15) is 64.2 Å². The van der Waals surface area contributed by atoms with Crippen molar-refractivity contribution in [2.75, 3.05) is 19.6 Å². The number of hydrogen-bond donors (Lipinski definition) is 0. The van der Waals surface area contributed by atoms with Gasteiger partial charge in [0, 0.05) is 31.1 Å². The van der Waals surface area contributed by atoms with Gasteiger partial charge in [-0.3, -0.25) is 0 Å². The number of nitrogens with zero attached hydrogens (tertiary/aromatic N) is 3. The number of nitriles is 1. The van der Waals surface area contributed by atoms with Crippen LogP contribution in [0.4, 0.5) is 4.79 Å². The minimum Gasteiger partial charge on any atom is -0.325 e. The third-order valence-corrected chi connectivity index (χ3v) is 7.12. The predicted molar refractivity (Wildman–Crippen MR) is 104 cm³/mol. The Labute approximate surface area is 157 Å². The average molecular weight is 354 g/mol. The number of likely N-dealkylation sites (tertiary alicyclic amines) is 1. The molecule has 2 aliphatic rings. The molecule has 0 radical (unpaired) electrons. The van der Waals surface area contributed by atoms with Gasteiger partial charge in [-0.25, -0.2) is 4.79 Å². The summed E-state index contributed by atoms with van der Waals surface area (Å²) >= 11 is 0. The smallest absolute Gasteiger partial charge is 0.320 e. The highest BCUT2D eigenvalue weighted by molar-refractivity contribution is 5.75. The molecule has 4 heteroatoms. The summed E-state index contributed by atoms with van der Waals surface area (Å²) in [4.78, 5) is 17.3. The first-order valence-electron chi connectivity index (χ1n) is 9.89. The second-order valence-electron chi connectivity index (χ2n) is 8.56. The molecule has 1 aromatic rings. The van der Waals surface area contributed by atoms with Crippen LogP contribution >= 0.6 is 0 Å². The molecule has 0 aromatic heterocycles. The molecule has 26 heavy (non-hydrogen) atoms. The van der Waals surface area contributed by atoms with Crippen LogP contribution in [0.3, 0.4) is 0 Å². The van der Waals surface area contributed by atoms with E-state index in [9.17, 15) is 10.1 Å². The lowest BCUT2D eigenvalue weighted by Crippen LogP contribution is -2.66. The van der Waals surface area contributed by atoms with Crippen LogP contribution in [0, 0.1) is 16.7 Å². The second-order valence-corrected chi connectivity index (χ2v) is 8.56. The van der Waals surface area contributed by atoms with Crippen LogP contribution in [0.25, 0.3) is 0 Å². The fourth-order valence-corrected chi connectivity index (χ4v) is 5.07. The Kier molecular flexibility index (Phi) is 4.77. The van der Waals surface area contributed by atoms with E-state index in [1.165, 1.54) is 11.1 Å². The summed E-state index contributed by atoms with van der Waals surface area (Å²) in [6, 6.07) is 8.74. The Bertz CT molecular complexity index is 748. The number of piperidine rings is 1. The summed E-state index contributed by atoms with van der Waals surface area (Å²) < 4.78 is 0. The number of benzene rings is 1. The molecule has 1 aliphatic heterocycles. The fourth-order valence-electron chi connectivity index (χ4n) is 5.07. The van der Waals surface area contributed by atoms with Gasteiger partial charge in [-0.15, -0.1) is 0 Å². The van der Waals surface area contributed by atoms with E-state index < -0.39 is 0 Å². The summed E-state index contributed by atoms with van der Waals surface area (Å²) in [5.74, 6) is 0. The van der Waals surface area contributed by atoms with Gasteiger partial charge in [0.1, 0.15) is 0 Å². The first-order chi connectivity index (χ1) is 12.3. The normalized spacial score (nSPS) is 26.0. The molecule has 0 spiro atoms. The zero-order valence-corrected chi connectivity index (χ0v) is 16.8. The highest BCUT2D eigenvalue weighted by atomic mass is 16.2. The monoisotopic (exact) mass is 353 g/mol. The van der Waals surface area contributed by atoms with Crippen LogP contribution in [-0.2, 0) is 11.8 Å². The van der Waals surface area contributed by atoms with E-state index in [4.69, 9.17) is 0 Å². The van der Waals surface area contributed by atoms with E-state index in [0.717, 1.165) is 38.9 Å². The molecule has 1 fully saturated rings. The van der Waals surface area contributed by atoms with Crippen LogP contribution < -0.4 is 0 Å². The maximum atomic E-state index is 13.2. The number of amides is 2. The van der Waals surface area contributed by atoms with E-state index in [1.54, 1.807) is 0 Å². The van der Waals surface area contributed by atoms with Crippen molar-refractivity contribution in [1.82, 2.24) is 9.80 Å². The SMILES string of the molecule is CCCN(CC)C(=O)N1CCC2(C)c3ccc(C#N)cc3CC1C2(C)C. The van der Waals surface area contributed by atoms with Crippen molar-refractivity contribution in [3.63, 3.8) is 0 Å². The number of hydrogen-bond acceptors (Lipinski definition) is 2. The molecule has 2 amide bonds. The van der Waals surface area contributed by atoms with Crippen LogP contribution in [-0.4, -0.2) is 41.5 Å². The molecule has 0 N–H and O–H groups in total. The first-order valence-corrected chi connectivity index (χ1v) is 9.89. The van der Waals surface area contributed by atoms with Crippen molar-refractivity contribution in [2.24, 2.45) is 5.41 Å². The lowest BCUT2D eigenvalue weighted by Gasteiger charge is -2.61. The molecule has 2 unspecified atom stereocenters. The van der Waals surface area contributed by atoms with Crippen molar-refractivity contribution >= 4 is 6.03 Å². The summed E-state index contributed by atoms with van der Waals surface area (Å²) in [5.41, 5.74) is 3.34. The fraction of sp³-hybridized carbons (Fsp3) is 0.636. The number of carbonyl (C=O) groups excluding carboxylic acids is 1. The Morgan fingerprint density at radius 3 is 2.69 bits per heavy atom. The molecule has 1 saturated heterocycles. The van der Waals surface area contributed by atoms with Crippen LogP contribution in [0.2, 0.25) is 0 Å². The van der Waals surface area contributed by atoms with Gasteiger partial charge >= 0.3 is 6.03 Å². The van der Waals surface area contributed by atoms with E-state index >= 15 is 0 Å². The summed E-state index contributed by atoms with van der Waals surface area (Å²) in [6.45, 7) is 13.5. The molecule has 4 nitrogen and oxygen atoms in total. The van der Waals surface area contributed by atoms with Crippen molar-refractivity contribution in [3.05, 3.63) is 34.9 Å². The Hall–Kier alpha value is -2.02. The van der Waals surface area contributed by atoms with Gasteiger partial charge in [0.15, 0.2) is 0 Å². The first kappa shape index (κ1) is 18.8. The molecule has 1 aliphatic carbocycles. The quantitative estimate of drug-likeness (QED) is 0.812. The van der Waals surface area contributed by atoms with Gasteiger partial charge < -0.3 is 9.80 Å². The van der Waals surface area contributed by atoms with Crippen molar-refractivity contribution in [2.45, 2.75) is 65.3 Å². The minimum atomic E-state index is -0.00625. The minimum absolute atomic E-state index is 0.00625. The topological polar surface area (TPSA) is 47.3 Å². The maximum absolute atomic E-state index is 13.2. The van der Waals surface area contributed by atoms with E-state index in [2.05, 4.69) is 51.7 Å². The Morgan fingerprint density at radius 2 is 2.08 bits per heavy atom. The number of fused-ring (bicyclic) bond motifs is 4. The van der Waals surface area contributed by atoms with Crippen LogP contribution in [0.15, 0.2) is 18.2 Å². The lowest BCUT2D eigenvalue weighted by atomic mass is 9.51. The highest BCUT2D eigenvalue weighted by Crippen LogP contribution is 2.56. The molecular formula is C22H31N3O. The third-order valence-electron chi connectivity index (χ3n) is 7.12.